The molecule has 0 saturated carbocycles. The van der Waals surface area contributed by atoms with E-state index in [1.54, 1.807) is 13.0 Å². The molecule has 0 saturated heterocycles. The number of halogens is 1. The molecule has 0 bridgehead atoms. The Kier molecular flexibility index (Phi) is 6.30. The number of thiophene rings is 1. The van der Waals surface area contributed by atoms with E-state index in [1.807, 2.05) is 41.8 Å². The van der Waals surface area contributed by atoms with Gasteiger partial charge in [-0.2, -0.15) is 0 Å². The number of benzene rings is 1. The van der Waals surface area contributed by atoms with Crippen LogP contribution in [-0.4, -0.2) is 23.5 Å². The summed E-state index contributed by atoms with van der Waals surface area (Å²) >= 11 is 7.49. The number of ether oxygens (including phenoxy) is 1. The number of hydrogen-bond acceptors (Lipinski definition) is 5. The van der Waals surface area contributed by atoms with Crippen LogP contribution in [0.5, 0.6) is 0 Å². The topological polar surface area (TPSA) is 51.0 Å². The number of nitrogens with zero attached hydrogens (tertiary/aromatic N) is 2. The third kappa shape index (κ3) is 4.79. The molecular formula is C16H15ClN2O2S. The second-order valence-corrected chi connectivity index (χ2v) is 5.67. The minimum atomic E-state index is -0.502. The summed E-state index contributed by atoms with van der Waals surface area (Å²) in [4.78, 5) is 12.7. The highest BCUT2D eigenvalue weighted by Gasteiger charge is 2.16. The lowest BCUT2D eigenvalue weighted by Gasteiger charge is -2.02. The molecule has 0 N–H and O–H groups in total. The molecule has 4 nitrogen and oxygen atoms in total. The average molecular weight is 335 g/mol. The van der Waals surface area contributed by atoms with Crippen LogP contribution in [0.3, 0.4) is 0 Å². The van der Waals surface area contributed by atoms with E-state index in [-0.39, 0.29) is 12.3 Å². The Bertz CT molecular complexity index is 667. The summed E-state index contributed by atoms with van der Waals surface area (Å²) in [6, 6.07) is 13.3. The first-order valence-corrected chi connectivity index (χ1v) is 8.01. The van der Waals surface area contributed by atoms with Gasteiger partial charge in [0, 0.05) is 6.42 Å². The number of esters is 1. The van der Waals surface area contributed by atoms with Crippen molar-refractivity contribution in [2.24, 2.45) is 10.2 Å². The molecule has 2 aromatic rings. The van der Waals surface area contributed by atoms with Crippen molar-refractivity contribution >= 4 is 39.8 Å². The predicted molar refractivity (Wildman–Crippen MR) is 90.9 cm³/mol. The van der Waals surface area contributed by atoms with Gasteiger partial charge in [-0.15, -0.1) is 21.5 Å². The highest BCUT2D eigenvalue weighted by molar-refractivity contribution is 7.13. The van der Waals surface area contributed by atoms with Crippen LogP contribution in [0.25, 0.3) is 0 Å². The summed E-state index contributed by atoms with van der Waals surface area (Å²) in [6.45, 7) is 2.03. The molecule has 0 radical (unpaired) electrons. The second kappa shape index (κ2) is 8.46. The molecule has 1 heterocycles. The van der Waals surface area contributed by atoms with Gasteiger partial charge in [-0.25, -0.2) is 4.79 Å². The first-order valence-electron chi connectivity index (χ1n) is 6.75. The molecule has 0 atom stereocenters. The summed E-state index contributed by atoms with van der Waals surface area (Å²) in [5.74, 6) is -0.502. The van der Waals surface area contributed by atoms with Gasteiger partial charge >= 0.3 is 5.97 Å². The van der Waals surface area contributed by atoms with Crippen molar-refractivity contribution in [2.45, 2.75) is 13.3 Å². The normalized spacial score (nSPS) is 12.3. The van der Waals surface area contributed by atoms with Crippen LogP contribution in [0.2, 0.25) is 0 Å². The maximum absolute atomic E-state index is 12.0. The SMILES string of the molecule is CCOC(=O)/C(=N/N=C(/Cl)Cc1ccccc1)c1cccs1. The van der Waals surface area contributed by atoms with Crippen molar-refractivity contribution < 1.29 is 9.53 Å². The second-order valence-electron chi connectivity index (χ2n) is 4.29. The summed E-state index contributed by atoms with van der Waals surface area (Å²) in [7, 11) is 0. The largest absolute Gasteiger partial charge is 0.461 e. The molecule has 0 unspecified atom stereocenters. The first kappa shape index (κ1) is 16.4. The fourth-order valence-corrected chi connectivity index (χ4v) is 2.60. The van der Waals surface area contributed by atoms with E-state index in [2.05, 4.69) is 10.2 Å². The Balaban J connectivity index is 2.18. The number of carbonyl (C=O) groups excluding carboxylic acids is 1. The van der Waals surface area contributed by atoms with E-state index >= 15 is 0 Å². The van der Waals surface area contributed by atoms with Crippen LogP contribution in [0, 0.1) is 0 Å². The van der Waals surface area contributed by atoms with Gasteiger partial charge in [-0.3, -0.25) is 0 Å². The van der Waals surface area contributed by atoms with E-state index in [1.165, 1.54) is 11.3 Å². The van der Waals surface area contributed by atoms with E-state index in [9.17, 15) is 4.79 Å². The maximum atomic E-state index is 12.0. The molecule has 0 amide bonds. The summed E-state index contributed by atoms with van der Waals surface area (Å²) < 4.78 is 5.00. The van der Waals surface area contributed by atoms with E-state index in [0.717, 1.165) is 5.56 Å². The van der Waals surface area contributed by atoms with Crippen molar-refractivity contribution in [3.8, 4) is 0 Å². The summed E-state index contributed by atoms with van der Waals surface area (Å²) in [5.41, 5.74) is 1.20. The molecular weight excluding hydrogens is 320 g/mol. The standard InChI is InChI=1S/C16H15ClN2O2S/c1-2-21-16(20)15(13-9-6-10-22-13)19-18-14(17)11-12-7-4-3-5-8-12/h3-10H,2,11H2,1H3/b18-14+,19-15+. The molecule has 114 valence electrons. The Hall–Kier alpha value is -1.98. The lowest BCUT2D eigenvalue weighted by atomic mass is 10.2. The number of hydrogen-bond donors (Lipinski definition) is 0. The number of rotatable bonds is 6. The average Bonchev–Trinajstić information content (AvgIpc) is 3.03. The molecule has 0 aliphatic carbocycles. The zero-order chi connectivity index (χ0) is 15.8. The minimum absolute atomic E-state index is 0.170. The Morgan fingerprint density at radius 2 is 1.95 bits per heavy atom. The van der Waals surface area contributed by atoms with E-state index in [4.69, 9.17) is 16.3 Å². The van der Waals surface area contributed by atoms with Gasteiger partial charge in [-0.05, 0) is 23.9 Å². The molecule has 6 heteroatoms. The van der Waals surface area contributed by atoms with Crippen LogP contribution in [0.15, 0.2) is 58.0 Å². The van der Waals surface area contributed by atoms with Gasteiger partial charge < -0.3 is 4.74 Å². The van der Waals surface area contributed by atoms with Crippen molar-refractivity contribution in [1.29, 1.82) is 0 Å². The zero-order valence-electron chi connectivity index (χ0n) is 12.0. The van der Waals surface area contributed by atoms with E-state index in [0.29, 0.717) is 16.5 Å². The highest BCUT2D eigenvalue weighted by Crippen LogP contribution is 2.12. The third-order valence-corrected chi connectivity index (χ3v) is 3.76. The molecule has 1 aromatic heterocycles. The number of carbonyl (C=O) groups is 1. The van der Waals surface area contributed by atoms with Crippen LogP contribution in [0.4, 0.5) is 0 Å². The van der Waals surface area contributed by atoms with E-state index < -0.39 is 5.97 Å². The van der Waals surface area contributed by atoms with Gasteiger partial charge in [0.1, 0.15) is 5.17 Å². The maximum Gasteiger partial charge on any atom is 0.360 e. The lowest BCUT2D eigenvalue weighted by Crippen LogP contribution is -2.17. The van der Waals surface area contributed by atoms with Crippen molar-refractivity contribution in [3.05, 3.63) is 58.3 Å². The molecule has 0 spiro atoms. The zero-order valence-corrected chi connectivity index (χ0v) is 13.6. The summed E-state index contributed by atoms with van der Waals surface area (Å²) in [5, 5.41) is 10.1. The van der Waals surface area contributed by atoms with Crippen LogP contribution in [0.1, 0.15) is 17.4 Å². The first-order chi connectivity index (χ1) is 10.7. The molecule has 0 aliphatic heterocycles. The van der Waals surface area contributed by atoms with Crippen molar-refractivity contribution in [3.63, 3.8) is 0 Å². The molecule has 22 heavy (non-hydrogen) atoms. The van der Waals surface area contributed by atoms with Gasteiger partial charge in [0.25, 0.3) is 0 Å². The Morgan fingerprint density at radius 1 is 1.18 bits per heavy atom. The van der Waals surface area contributed by atoms with Crippen LogP contribution < -0.4 is 0 Å². The van der Waals surface area contributed by atoms with Crippen molar-refractivity contribution in [1.82, 2.24) is 0 Å². The Labute approximate surface area is 138 Å². The molecule has 0 aliphatic rings. The van der Waals surface area contributed by atoms with Gasteiger partial charge in [0.15, 0.2) is 5.71 Å². The monoisotopic (exact) mass is 334 g/mol. The molecule has 2 rings (SSSR count). The van der Waals surface area contributed by atoms with Crippen molar-refractivity contribution in [2.75, 3.05) is 6.61 Å². The lowest BCUT2D eigenvalue weighted by molar-refractivity contribution is -0.134. The fraction of sp³-hybridized carbons (Fsp3) is 0.188. The summed E-state index contributed by atoms with van der Waals surface area (Å²) in [6.07, 6.45) is 0.465. The smallest absolute Gasteiger partial charge is 0.360 e. The van der Waals surface area contributed by atoms with Gasteiger partial charge in [0.2, 0.25) is 0 Å². The molecule has 1 aromatic carbocycles. The fourth-order valence-electron chi connectivity index (χ4n) is 1.71. The van der Waals surface area contributed by atoms with Gasteiger partial charge in [0.05, 0.1) is 11.5 Å². The molecule has 0 fully saturated rings. The Morgan fingerprint density at radius 3 is 2.59 bits per heavy atom. The van der Waals surface area contributed by atoms with Crippen LogP contribution in [-0.2, 0) is 16.0 Å². The van der Waals surface area contributed by atoms with Crippen LogP contribution >= 0.6 is 22.9 Å². The minimum Gasteiger partial charge on any atom is -0.461 e. The third-order valence-electron chi connectivity index (χ3n) is 2.67. The predicted octanol–water partition coefficient (Wildman–Crippen LogP) is 3.90. The van der Waals surface area contributed by atoms with Gasteiger partial charge in [-0.1, -0.05) is 48.0 Å². The highest BCUT2D eigenvalue weighted by atomic mass is 35.5. The quantitative estimate of drug-likeness (QED) is 0.457.